The van der Waals surface area contributed by atoms with Crippen molar-refractivity contribution in [3.63, 3.8) is 0 Å². The molecule has 0 aliphatic rings. The average molecular weight is 247 g/mol. The molecule has 1 N–H and O–H groups in total. The van der Waals surface area contributed by atoms with Crippen LogP contribution in [0.2, 0.25) is 5.02 Å². The van der Waals surface area contributed by atoms with Crippen molar-refractivity contribution in [2.24, 2.45) is 0 Å². The molecule has 0 aliphatic heterocycles. The highest BCUT2D eigenvalue weighted by atomic mass is 35.5. The van der Waals surface area contributed by atoms with Gasteiger partial charge in [0.25, 0.3) is 0 Å². The van der Waals surface area contributed by atoms with E-state index in [1.807, 2.05) is 38.4 Å². The van der Waals surface area contributed by atoms with Crippen molar-refractivity contribution in [3.05, 3.63) is 53.6 Å². The van der Waals surface area contributed by atoms with E-state index in [-0.39, 0.29) is 0 Å². The summed E-state index contributed by atoms with van der Waals surface area (Å²) in [6.07, 6.45) is 0. The molecule has 0 amide bonds. The van der Waals surface area contributed by atoms with Gasteiger partial charge in [-0.3, -0.25) is 0 Å². The van der Waals surface area contributed by atoms with Crippen LogP contribution in [-0.2, 0) is 0 Å². The molecule has 0 atom stereocenters. The van der Waals surface area contributed by atoms with Crippen molar-refractivity contribution >= 4 is 28.7 Å². The molecule has 0 saturated carbocycles. The Morgan fingerprint density at radius 3 is 1.76 bits per heavy atom. The molecule has 0 heterocycles. The van der Waals surface area contributed by atoms with Gasteiger partial charge in [0.05, 0.1) is 0 Å². The molecule has 0 aliphatic carbocycles. The molecule has 2 nitrogen and oxygen atoms in total. The van der Waals surface area contributed by atoms with E-state index in [2.05, 4.69) is 34.5 Å². The predicted octanol–water partition coefficient (Wildman–Crippen LogP) is 4.15. The number of rotatable bonds is 3. The number of benzene rings is 2. The molecular formula is C14H15ClN2. The van der Waals surface area contributed by atoms with Crippen molar-refractivity contribution < 1.29 is 0 Å². The van der Waals surface area contributed by atoms with Crippen LogP contribution < -0.4 is 10.2 Å². The number of hydrogen-bond donors (Lipinski definition) is 1. The van der Waals surface area contributed by atoms with Gasteiger partial charge in [0.15, 0.2) is 0 Å². The SMILES string of the molecule is CN(C)c1ccc(Nc2ccc(Cl)cc2)cc1. The molecule has 0 saturated heterocycles. The molecule has 0 unspecified atom stereocenters. The van der Waals surface area contributed by atoms with Crippen LogP contribution in [0.5, 0.6) is 0 Å². The van der Waals surface area contributed by atoms with E-state index in [1.165, 1.54) is 5.69 Å². The van der Waals surface area contributed by atoms with Crippen LogP contribution in [0.15, 0.2) is 48.5 Å². The van der Waals surface area contributed by atoms with Crippen molar-refractivity contribution in [2.75, 3.05) is 24.3 Å². The Balaban J connectivity index is 2.11. The monoisotopic (exact) mass is 246 g/mol. The van der Waals surface area contributed by atoms with Crippen LogP contribution in [0.4, 0.5) is 17.1 Å². The lowest BCUT2D eigenvalue weighted by molar-refractivity contribution is 1.13. The van der Waals surface area contributed by atoms with Gasteiger partial charge in [-0.15, -0.1) is 0 Å². The van der Waals surface area contributed by atoms with Gasteiger partial charge in [-0.05, 0) is 48.5 Å². The fourth-order valence-electron chi connectivity index (χ4n) is 1.54. The molecule has 2 rings (SSSR count). The third-order valence-corrected chi connectivity index (χ3v) is 2.77. The molecule has 0 spiro atoms. The van der Waals surface area contributed by atoms with Crippen molar-refractivity contribution in [1.29, 1.82) is 0 Å². The molecule has 2 aromatic carbocycles. The van der Waals surface area contributed by atoms with Gasteiger partial charge in [-0.25, -0.2) is 0 Å². The van der Waals surface area contributed by atoms with E-state index in [9.17, 15) is 0 Å². The Hall–Kier alpha value is -1.67. The van der Waals surface area contributed by atoms with Crippen molar-refractivity contribution in [2.45, 2.75) is 0 Å². The van der Waals surface area contributed by atoms with Gasteiger partial charge in [0.2, 0.25) is 0 Å². The Morgan fingerprint density at radius 1 is 0.824 bits per heavy atom. The first-order chi connectivity index (χ1) is 8.15. The molecule has 17 heavy (non-hydrogen) atoms. The highest BCUT2D eigenvalue weighted by Crippen LogP contribution is 2.21. The second-order valence-corrected chi connectivity index (χ2v) is 4.51. The molecule has 88 valence electrons. The Kier molecular flexibility index (Phi) is 3.55. The fourth-order valence-corrected chi connectivity index (χ4v) is 1.67. The Morgan fingerprint density at radius 2 is 1.29 bits per heavy atom. The number of anilines is 3. The quantitative estimate of drug-likeness (QED) is 0.875. The van der Waals surface area contributed by atoms with Crippen LogP contribution in [-0.4, -0.2) is 14.1 Å². The molecular weight excluding hydrogens is 232 g/mol. The maximum absolute atomic E-state index is 5.84. The highest BCUT2D eigenvalue weighted by molar-refractivity contribution is 6.30. The van der Waals surface area contributed by atoms with Crippen LogP contribution in [0.3, 0.4) is 0 Å². The van der Waals surface area contributed by atoms with Crippen LogP contribution in [0.25, 0.3) is 0 Å². The summed E-state index contributed by atoms with van der Waals surface area (Å²) in [7, 11) is 4.06. The lowest BCUT2D eigenvalue weighted by Crippen LogP contribution is -2.08. The summed E-state index contributed by atoms with van der Waals surface area (Å²) in [6.45, 7) is 0. The Bertz CT molecular complexity index is 475. The largest absolute Gasteiger partial charge is 0.378 e. The first kappa shape index (κ1) is 11.8. The van der Waals surface area contributed by atoms with E-state index in [0.29, 0.717) is 0 Å². The normalized spacial score (nSPS) is 10.1. The van der Waals surface area contributed by atoms with E-state index in [0.717, 1.165) is 16.4 Å². The third kappa shape index (κ3) is 3.14. The summed E-state index contributed by atoms with van der Waals surface area (Å²) in [6, 6.07) is 15.9. The maximum Gasteiger partial charge on any atom is 0.0407 e. The summed E-state index contributed by atoms with van der Waals surface area (Å²) in [5.74, 6) is 0. The lowest BCUT2D eigenvalue weighted by Gasteiger charge is -2.13. The standard InChI is InChI=1S/C14H15ClN2/c1-17(2)14-9-7-13(8-10-14)16-12-5-3-11(15)4-6-12/h3-10,16H,1-2H3. The fraction of sp³-hybridized carbons (Fsp3) is 0.143. The minimum Gasteiger partial charge on any atom is -0.378 e. The smallest absolute Gasteiger partial charge is 0.0407 e. The zero-order valence-electron chi connectivity index (χ0n) is 9.94. The minimum atomic E-state index is 0.749. The topological polar surface area (TPSA) is 15.3 Å². The predicted molar refractivity (Wildman–Crippen MR) is 75.5 cm³/mol. The average Bonchev–Trinajstić information content (AvgIpc) is 2.33. The lowest BCUT2D eigenvalue weighted by atomic mass is 10.2. The molecule has 2 aromatic rings. The Labute approximate surface area is 107 Å². The summed E-state index contributed by atoms with van der Waals surface area (Å²) in [4.78, 5) is 2.08. The van der Waals surface area contributed by atoms with Gasteiger partial charge in [-0.1, -0.05) is 11.6 Å². The summed E-state index contributed by atoms with van der Waals surface area (Å²) < 4.78 is 0. The molecule has 0 aromatic heterocycles. The minimum absolute atomic E-state index is 0.749. The van der Waals surface area contributed by atoms with Crippen LogP contribution in [0.1, 0.15) is 0 Å². The number of halogens is 1. The van der Waals surface area contributed by atoms with E-state index >= 15 is 0 Å². The molecule has 0 fully saturated rings. The summed E-state index contributed by atoms with van der Waals surface area (Å²) in [5.41, 5.74) is 3.29. The first-order valence-corrected chi connectivity index (χ1v) is 5.83. The number of nitrogens with one attached hydrogen (secondary N) is 1. The van der Waals surface area contributed by atoms with Gasteiger partial charge in [0, 0.05) is 36.2 Å². The number of nitrogens with zero attached hydrogens (tertiary/aromatic N) is 1. The van der Waals surface area contributed by atoms with Crippen LogP contribution >= 0.6 is 11.6 Å². The zero-order chi connectivity index (χ0) is 12.3. The number of hydrogen-bond acceptors (Lipinski definition) is 2. The van der Waals surface area contributed by atoms with Crippen molar-refractivity contribution in [1.82, 2.24) is 0 Å². The highest BCUT2D eigenvalue weighted by Gasteiger charge is 1.97. The zero-order valence-corrected chi connectivity index (χ0v) is 10.7. The van der Waals surface area contributed by atoms with Gasteiger partial charge >= 0.3 is 0 Å². The second-order valence-electron chi connectivity index (χ2n) is 4.07. The first-order valence-electron chi connectivity index (χ1n) is 5.45. The van der Waals surface area contributed by atoms with E-state index in [4.69, 9.17) is 11.6 Å². The van der Waals surface area contributed by atoms with E-state index in [1.54, 1.807) is 0 Å². The summed E-state index contributed by atoms with van der Waals surface area (Å²) in [5, 5.41) is 4.07. The maximum atomic E-state index is 5.84. The third-order valence-electron chi connectivity index (χ3n) is 2.52. The summed E-state index contributed by atoms with van der Waals surface area (Å²) >= 11 is 5.84. The second kappa shape index (κ2) is 5.11. The van der Waals surface area contributed by atoms with Crippen molar-refractivity contribution in [3.8, 4) is 0 Å². The van der Waals surface area contributed by atoms with Gasteiger partial charge in [0.1, 0.15) is 0 Å². The molecule has 3 heteroatoms. The molecule has 0 radical (unpaired) electrons. The van der Waals surface area contributed by atoms with Gasteiger partial charge in [-0.2, -0.15) is 0 Å². The van der Waals surface area contributed by atoms with Crippen LogP contribution in [0, 0.1) is 0 Å². The molecule has 0 bridgehead atoms. The van der Waals surface area contributed by atoms with Gasteiger partial charge < -0.3 is 10.2 Å². The van der Waals surface area contributed by atoms with E-state index < -0.39 is 0 Å².